The minimum atomic E-state index is -0.230. The number of methoxy groups -OCH3 is 1. The van der Waals surface area contributed by atoms with E-state index in [9.17, 15) is 9.18 Å². The van der Waals surface area contributed by atoms with Crippen molar-refractivity contribution in [1.82, 2.24) is 0 Å². The Bertz CT molecular complexity index is 763. The second-order valence-corrected chi connectivity index (χ2v) is 6.90. The van der Waals surface area contributed by atoms with Crippen LogP contribution in [0.5, 0.6) is 5.75 Å². The summed E-state index contributed by atoms with van der Waals surface area (Å²) in [5.41, 5.74) is 2.64. The van der Waals surface area contributed by atoms with Crippen LogP contribution >= 0.6 is 11.8 Å². The number of aryl methyl sites for hydroxylation is 2. The van der Waals surface area contributed by atoms with Crippen molar-refractivity contribution in [1.29, 1.82) is 0 Å². The summed E-state index contributed by atoms with van der Waals surface area (Å²) < 4.78 is 18.8. The second kappa shape index (κ2) is 7.26. The van der Waals surface area contributed by atoms with Gasteiger partial charge in [-0.15, -0.1) is 11.8 Å². The van der Waals surface area contributed by atoms with Crippen LogP contribution in [-0.4, -0.2) is 25.3 Å². The monoisotopic (exact) mass is 345 g/mol. The third-order valence-electron chi connectivity index (χ3n) is 4.15. The van der Waals surface area contributed by atoms with Gasteiger partial charge in [0.25, 0.3) is 0 Å². The van der Waals surface area contributed by atoms with Gasteiger partial charge in [-0.3, -0.25) is 4.79 Å². The van der Waals surface area contributed by atoms with Crippen molar-refractivity contribution < 1.29 is 13.9 Å². The van der Waals surface area contributed by atoms with E-state index < -0.39 is 0 Å². The molecule has 2 aromatic carbocycles. The lowest BCUT2D eigenvalue weighted by molar-refractivity contribution is -0.116. The van der Waals surface area contributed by atoms with Gasteiger partial charge in [0, 0.05) is 17.1 Å². The van der Waals surface area contributed by atoms with E-state index in [1.54, 1.807) is 18.1 Å². The molecule has 5 heteroatoms. The number of halogens is 1. The van der Waals surface area contributed by atoms with Crippen molar-refractivity contribution in [2.45, 2.75) is 24.7 Å². The third-order valence-corrected chi connectivity index (χ3v) is 5.13. The molecule has 0 fully saturated rings. The van der Waals surface area contributed by atoms with Crippen molar-refractivity contribution in [3.8, 4) is 5.75 Å². The fraction of sp³-hybridized carbons (Fsp3) is 0.316. The third kappa shape index (κ3) is 3.56. The number of benzene rings is 2. The molecular weight excluding hydrogens is 325 g/mol. The summed E-state index contributed by atoms with van der Waals surface area (Å²) in [4.78, 5) is 15.5. The van der Waals surface area contributed by atoms with E-state index in [1.807, 2.05) is 31.2 Å². The number of ether oxygens (including phenoxy) is 1. The van der Waals surface area contributed by atoms with Crippen LogP contribution in [0.25, 0.3) is 0 Å². The van der Waals surface area contributed by atoms with Gasteiger partial charge in [0.05, 0.1) is 12.9 Å². The number of nitrogens with zero attached hydrogens (tertiary/aromatic N) is 1. The highest BCUT2D eigenvalue weighted by Crippen LogP contribution is 2.32. The van der Waals surface area contributed by atoms with Gasteiger partial charge in [0.15, 0.2) is 0 Å². The molecule has 24 heavy (non-hydrogen) atoms. The van der Waals surface area contributed by atoms with Crippen molar-refractivity contribution in [3.05, 3.63) is 53.3 Å². The SMILES string of the molecule is COc1cccc(SCC(=O)N2CCCc3cc(F)cc(C)c32)c1. The highest BCUT2D eigenvalue weighted by atomic mass is 32.2. The van der Waals surface area contributed by atoms with Crippen LogP contribution in [0.1, 0.15) is 17.5 Å². The first-order valence-corrected chi connectivity index (χ1v) is 8.93. The molecule has 0 bridgehead atoms. The molecule has 0 unspecified atom stereocenters. The van der Waals surface area contributed by atoms with Crippen LogP contribution in [0.3, 0.4) is 0 Å². The average molecular weight is 345 g/mol. The standard InChI is InChI=1S/C19H20FNO2S/c1-13-9-15(20)10-14-5-4-8-21(19(13)14)18(22)12-24-17-7-3-6-16(11-17)23-2/h3,6-7,9-11H,4-5,8,12H2,1-2H3. The Morgan fingerprint density at radius 1 is 1.33 bits per heavy atom. The Morgan fingerprint density at radius 2 is 2.17 bits per heavy atom. The van der Waals surface area contributed by atoms with Gasteiger partial charge in [0.1, 0.15) is 11.6 Å². The number of fused-ring (bicyclic) bond motifs is 1. The van der Waals surface area contributed by atoms with Gasteiger partial charge in [0.2, 0.25) is 5.91 Å². The van der Waals surface area contributed by atoms with Crippen LogP contribution in [0.2, 0.25) is 0 Å². The molecule has 1 aliphatic rings. The molecule has 0 radical (unpaired) electrons. The fourth-order valence-electron chi connectivity index (χ4n) is 3.08. The molecular formula is C19H20FNO2S. The number of anilines is 1. The van der Waals surface area contributed by atoms with Crippen LogP contribution < -0.4 is 9.64 Å². The van der Waals surface area contributed by atoms with E-state index in [-0.39, 0.29) is 11.7 Å². The molecule has 2 aromatic rings. The number of amides is 1. The molecule has 0 atom stereocenters. The number of carbonyl (C=O) groups excluding carboxylic acids is 1. The zero-order valence-electron chi connectivity index (χ0n) is 13.8. The minimum Gasteiger partial charge on any atom is -0.497 e. The maximum Gasteiger partial charge on any atom is 0.237 e. The van der Waals surface area contributed by atoms with Gasteiger partial charge in [-0.2, -0.15) is 0 Å². The Balaban J connectivity index is 1.75. The molecule has 3 rings (SSSR count). The fourth-order valence-corrected chi connectivity index (χ4v) is 3.90. The van der Waals surface area contributed by atoms with Gasteiger partial charge in [-0.1, -0.05) is 6.07 Å². The zero-order chi connectivity index (χ0) is 17.1. The number of thioether (sulfide) groups is 1. The lowest BCUT2D eigenvalue weighted by atomic mass is 9.98. The highest BCUT2D eigenvalue weighted by Gasteiger charge is 2.24. The maximum atomic E-state index is 13.6. The summed E-state index contributed by atoms with van der Waals surface area (Å²) in [6, 6.07) is 10.7. The number of carbonyl (C=O) groups is 1. The summed E-state index contributed by atoms with van der Waals surface area (Å²) >= 11 is 1.49. The van der Waals surface area contributed by atoms with Crippen molar-refractivity contribution >= 4 is 23.4 Å². The summed E-state index contributed by atoms with van der Waals surface area (Å²) in [7, 11) is 1.63. The quantitative estimate of drug-likeness (QED) is 0.777. The highest BCUT2D eigenvalue weighted by molar-refractivity contribution is 8.00. The molecule has 0 spiro atoms. The molecule has 0 aromatic heterocycles. The van der Waals surface area contributed by atoms with Crippen LogP contribution in [-0.2, 0) is 11.2 Å². The zero-order valence-corrected chi connectivity index (χ0v) is 14.7. The minimum absolute atomic E-state index is 0.0541. The van der Waals surface area contributed by atoms with Crippen LogP contribution in [0.4, 0.5) is 10.1 Å². The molecule has 3 nitrogen and oxygen atoms in total. The summed E-state index contributed by atoms with van der Waals surface area (Å²) in [5.74, 6) is 0.954. The van der Waals surface area contributed by atoms with E-state index in [0.717, 1.165) is 40.3 Å². The van der Waals surface area contributed by atoms with Gasteiger partial charge in [-0.05, 0) is 61.2 Å². The number of rotatable bonds is 4. The summed E-state index contributed by atoms with van der Waals surface area (Å²) in [6.45, 7) is 2.56. The number of hydrogen-bond acceptors (Lipinski definition) is 3. The Kier molecular flexibility index (Phi) is 5.09. The van der Waals surface area contributed by atoms with Crippen LogP contribution in [0.15, 0.2) is 41.3 Å². The first-order chi connectivity index (χ1) is 11.6. The van der Waals surface area contributed by atoms with E-state index >= 15 is 0 Å². The lowest BCUT2D eigenvalue weighted by Gasteiger charge is -2.31. The van der Waals surface area contributed by atoms with E-state index in [1.165, 1.54) is 17.8 Å². The lowest BCUT2D eigenvalue weighted by Crippen LogP contribution is -2.37. The average Bonchev–Trinajstić information content (AvgIpc) is 2.59. The van der Waals surface area contributed by atoms with E-state index in [4.69, 9.17) is 4.74 Å². The molecule has 1 amide bonds. The van der Waals surface area contributed by atoms with Crippen LogP contribution in [0, 0.1) is 12.7 Å². The summed E-state index contributed by atoms with van der Waals surface area (Å²) in [5, 5.41) is 0. The summed E-state index contributed by atoms with van der Waals surface area (Å²) in [6.07, 6.45) is 1.69. The van der Waals surface area contributed by atoms with Crippen molar-refractivity contribution in [2.75, 3.05) is 24.3 Å². The Hall–Kier alpha value is -2.01. The van der Waals surface area contributed by atoms with Gasteiger partial charge < -0.3 is 9.64 Å². The van der Waals surface area contributed by atoms with Crippen molar-refractivity contribution in [3.63, 3.8) is 0 Å². The van der Waals surface area contributed by atoms with Crippen molar-refractivity contribution in [2.24, 2.45) is 0 Å². The smallest absolute Gasteiger partial charge is 0.237 e. The molecule has 126 valence electrons. The maximum absolute atomic E-state index is 13.6. The Morgan fingerprint density at radius 3 is 2.96 bits per heavy atom. The number of hydrogen-bond donors (Lipinski definition) is 0. The van der Waals surface area contributed by atoms with Gasteiger partial charge >= 0.3 is 0 Å². The second-order valence-electron chi connectivity index (χ2n) is 5.85. The molecule has 0 N–H and O–H groups in total. The molecule has 1 heterocycles. The van der Waals surface area contributed by atoms with Gasteiger partial charge in [-0.25, -0.2) is 4.39 Å². The Labute approximate surface area is 145 Å². The predicted molar refractivity (Wildman–Crippen MR) is 95.5 cm³/mol. The normalized spacial score (nSPS) is 13.5. The first kappa shape index (κ1) is 16.8. The molecule has 1 aliphatic heterocycles. The molecule has 0 aliphatic carbocycles. The molecule has 0 saturated carbocycles. The largest absolute Gasteiger partial charge is 0.497 e. The predicted octanol–water partition coefficient (Wildman–Crippen LogP) is 4.21. The van der Waals surface area contributed by atoms with E-state index in [2.05, 4.69) is 0 Å². The molecule has 0 saturated heterocycles. The first-order valence-electron chi connectivity index (χ1n) is 7.94. The topological polar surface area (TPSA) is 29.5 Å². The van der Waals surface area contributed by atoms with E-state index in [0.29, 0.717) is 12.3 Å².